The Morgan fingerprint density at radius 2 is 2.14 bits per heavy atom. The van der Waals surface area contributed by atoms with Gasteiger partial charge in [-0.05, 0) is 30.7 Å². The summed E-state index contributed by atoms with van der Waals surface area (Å²) in [5, 5.41) is 0. The van der Waals surface area contributed by atoms with Crippen molar-refractivity contribution in [3.05, 3.63) is 29.6 Å². The van der Waals surface area contributed by atoms with E-state index in [0.717, 1.165) is 24.8 Å². The molecule has 2 rings (SSSR count). The van der Waals surface area contributed by atoms with Crippen molar-refractivity contribution in [3.63, 3.8) is 0 Å². The number of para-hydroxylation sites is 1. The zero-order valence-corrected chi connectivity index (χ0v) is 8.64. The predicted molar refractivity (Wildman–Crippen MR) is 54.2 cm³/mol. The lowest BCUT2D eigenvalue weighted by molar-refractivity contribution is 0.375. The van der Waals surface area contributed by atoms with Crippen molar-refractivity contribution in [2.24, 2.45) is 0 Å². The van der Waals surface area contributed by atoms with Crippen LogP contribution in [0.5, 0.6) is 5.75 Å². The number of hydrogen-bond donors (Lipinski definition) is 0. The second-order valence-electron chi connectivity index (χ2n) is 3.95. The van der Waals surface area contributed by atoms with E-state index in [9.17, 15) is 4.39 Å². The summed E-state index contributed by atoms with van der Waals surface area (Å²) in [6.07, 6.45) is 3.37. The molecule has 0 bridgehead atoms. The Kier molecular flexibility index (Phi) is 2.22. The average Bonchev–Trinajstić information content (AvgIpc) is 2.98. The molecule has 0 unspecified atom stereocenters. The van der Waals surface area contributed by atoms with Crippen molar-refractivity contribution in [3.8, 4) is 5.75 Å². The van der Waals surface area contributed by atoms with Crippen molar-refractivity contribution in [1.29, 1.82) is 0 Å². The van der Waals surface area contributed by atoms with E-state index in [0.29, 0.717) is 5.75 Å². The molecule has 0 amide bonds. The van der Waals surface area contributed by atoms with Gasteiger partial charge in [-0.1, -0.05) is 19.1 Å². The first-order valence-electron chi connectivity index (χ1n) is 5.06. The van der Waals surface area contributed by atoms with Gasteiger partial charge in [0, 0.05) is 5.56 Å². The SMILES string of the molecule is CCC1(c2cccc(F)c2OC)CC1. The van der Waals surface area contributed by atoms with E-state index < -0.39 is 0 Å². The molecule has 0 aromatic heterocycles. The molecule has 1 aromatic carbocycles. The molecule has 1 aliphatic rings. The highest BCUT2D eigenvalue weighted by Crippen LogP contribution is 2.53. The number of halogens is 1. The molecular weight excluding hydrogens is 179 g/mol. The molecule has 1 aliphatic carbocycles. The Morgan fingerprint density at radius 1 is 1.43 bits per heavy atom. The lowest BCUT2D eigenvalue weighted by atomic mass is 9.92. The first-order valence-corrected chi connectivity index (χ1v) is 5.06. The summed E-state index contributed by atoms with van der Waals surface area (Å²) in [5.74, 6) is 0.191. The quantitative estimate of drug-likeness (QED) is 0.717. The van der Waals surface area contributed by atoms with E-state index in [1.165, 1.54) is 13.2 Å². The fourth-order valence-corrected chi connectivity index (χ4v) is 2.10. The number of methoxy groups -OCH3 is 1. The lowest BCUT2D eigenvalue weighted by Crippen LogP contribution is -2.07. The Morgan fingerprint density at radius 3 is 2.64 bits per heavy atom. The van der Waals surface area contributed by atoms with E-state index >= 15 is 0 Å². The maximum Gasteiger partial charge on any atom is 0.165 e. The molecule has 1 saturated carbocycles. The Balaban J connectivity index is 2.47. The first kappa shape index (κ1) is 9.50. The van der Waals surface area contributed by atoms with Crippen LogP contribution in [0.2, 0.25) is 0 Å². The van der Waals surface area contributed by atoms with Crippen LogP contribution in [0, 0.1) is 5.82 Å². The molecule has 0 radical (unpaired) electrons. The fraction of sp³-hybridized carbons (Fsp3) is 0.500. The van der Waals surface area contributed by atoms with Gasteiger partial charge in [0.1, 0.15) is 0 Å². The molecule has 1 nitrogen and oxygen atoms in total. The summed E-state index contributed by atoms with van der Waals surface area (Å²) in [6.45, 7) is 2.15. The van der Waals surface area contributed by atoms with Crippen LogP contribution < -0.4 is 4.74 Å². The smallest absolute Gasteiger partial charge is 0.165 e. The van der Waals surface area contributed by atoms with Gasteiger partial charge in [-0.2, -0.15) is 0 Å². The van der Waals surface area contributed by atoms with Crippen LogP contribution in [-0.4, -0.2) is 7.11 Å². The third-order valence-corrected chi connectivity index (χ3v) is 3.27. The third-order valence-electron chi connectivity index (χ3n) is 3.27. The second kappa shape index (κ2) is 3.26. The predicted octanol–water partition coefficient (Wildman–Crippen LogP) is 3.28. The molecule has 0 saturated heterocycles. The molecule has 0 spiro atoms. The van der Waals surface area contributed by atoms with Gasteiger partial charge < -0.3 is 4.74 Å². The molecule has 76 valence electrons. The van der Waals surface area contributed by atoms with E-state index in [4.69, 9.17) is 4.74 Å². The molecule has 1 fully saturated rings. The van der Waals surface area contributed by atoms with Gasteiger partial charge >= 0.3 is 0 Å². The lowest BCUT2D eigenvalue weighted by Gasteiger charge is -2.17. The van der Waals surface area contributed by atoms with Gasteiger partial charge in [0.2, 0.25) is 0 Å². The van der Waals surface area contributed by atoms with Crippen molar-refractivity contribution in [2.75, 3.05) is 7.11 Å². The minimum absolute atomic E-state index is 0.202. The highest BCUT2D eigenvalue weighted by atomic mass is 19.1. The van der Waals surface area contributed by atoms with Crippen molar-refractivity contribution < 1.29 is 9.13 Å². The van der Waals surface area contributed by atoms with Crippen LogP contribution >= 0.6 is 0 Å². The van der Waals surface area contributed by atoms with Crippen molar-refractivity contribution in [1.82, 2.24) is 0 Å². The molecule has 0 heterocycles. The van der Waals surface area contributed by atoms with Crippen LogP contribution in [0.25, 0.3) is 0 Å². The number of hydrogen-bond acceptors (Lipinski definition) is 1. The van der Waals surface area contributed by atoms with E-state index in [1.54, 1.807) is 6.07 Å². The summed E-state index contributed by atoms with van der Waals surface area (Å²) in [4.78, 5) is 0. The maximum absolute atomic E-state index is 13.4. The topological polar surface area (TPSA) is 9.23 Å². The van der Waals surface area contributed by atoms with Gasteiger partial charge in [0.15, 0.2) is 11.6 Å². The van der Waals surface area contributed by atoms with Crippen LogP contribution in [0.3, 0.4) is 0 Å². The monoisotopic (exact) mass is 194 g/mol. The zero-order valence-electron chi connectivity index (χ0n) is 8.64. The average molecular weight is 194 g/mol. The van der Waals surface area contributed by atoms with Gasteiger partial charge in [-0.15, -0.1) is 0 Å². The van der Waals surface area contributed by atoms with E-state index in [2.05, 4.69) is 6.92 Å². The number of benzene rings is 1. The van der Waals surface area contributed by atoms with Crippen LogP contribution in [0.4, 0.5) is 4.39 Å². The normalized spacial score (nSPS) is 17.9. The molecule has 14 heavy (non-hydrogen) atoms. The molecule has 0 aliphatic heterocycles. The highest BCUT2D eigenvalue weighted by molar-refractivity contribution is 5.43. The molecule has 1 aromatic rings. The first-order chi connectivity index (χ1) is 6.73. The number of rotatable bonds is 3. The molecule has 0 atom stereocenters. The summed E-state index contributed by atoms with van der Waals surface area (Å²) < 4.78 is 18.5. The zero-order chi connectivity index (χ0) is 10.2. The van der Waals surface area contributed by atoms with Gasteiger partial charge in [0.25, 0.3) is 0 Å². The Bertz CT molecular complexity index is 342. The fourth-order valence-electron chi connectivity index (χ4n) is 2.10. The van der Waals surface area contributed by atoms with Gasteiger partial charge in [0.05, 0.1) is 7.11 Å². The second-order valence-corrected chi connectivity index (χ2v) is 3.95. The summed E-state index contributed by atoms with van der Waals surface area (Å²) in [6, 6.07) is 5.20. The molecule has 0 N–H and O–H groups in total. The van der Waals surface area contributed by atoms with E-state index in [1.807, 2.05) is 6.07 Å². The summed E-state index contributed by atoms with van der Waals surface area (Å²) in [5.41, 5.74) is 1.25. The molecule has 2 heteroatoms. The van der Waals surface area contributed by atoms with Crippen LogP contribution in [0.1, 0.15) is 31.7 Å². The van der Waals surface area contributed by atoms with E-state index in [-0.39, 0.29) is 11.2 Å². The largest absolute Gasteiger partial charge is 0.493 e. The number of ether oxygens (including phenoxy) is 1. The van der Waals surface area contributed by atoms with Gasteiger partial charge in [-0.25, -0.2) is 4.39 Å². The summed E-state index contributed by atoms with van der Waals surface area (Å²) >= 11 is 0. The van der Waals surface area contributed by atoms with Crippen molar-refractivity contribution >= 4 is 0 Å². The summed E-state index contributed by atoms with van der Waals surface area (Å²) in [7, 11) is 1.54. The van der Waals surface area contributed by atoms with Crippen LogP contribution in [-0.2, 0) is 5.41 Å². The Labute approximate surface area is 83.9 Å². The highest BCUT2D eigenvalue weighted by Gasteiger charge is 2.44. The third kappa shape index (κ3) is 1.29. The Hall–Kier alpha value is -1.05. The minimum Gasteiger partial charge on any atom is -0.493 e. The van der Waals surface area contributed by atoms with Crippen molar-refractivity contribution in [2.45, 2.75) is 31.6 Å². The van der Waals surface area contributed by atoms with Crippen LogP contribution in [0.15, 0.2) is 18.2 Å². The standard InChI is InChI=1S/C12H15FO/c1-3-12(7-8-12)9-5-4-6-10(13)11(9)14-2/h4-6H,3,7-8H2,1-2H3. The minimum atomic E-state index is -0.246. The van der Waals surface area contributed by atoms with Gasteiger partial charge in [-0.3, -0.25) is 0 Å². The maximum atomic E-state index is 13.4. The molecular formula is C12H15FO.